The van der Waals surface area contributed by atoms with E-state index in [2.05, 4.69) is 4.18 Å². The van der Waals surface area contributed by atoms with Crippen LogP contribution in [0.2, 0.25) is 0 Å². The van der Waals surface area contributed by atoms with Crippen LogP contribution in [-0.2, 0) is 14.3 Å². The molecule has 1 aromatic rings. The van der Waals surface area contributed by atoms with Gasteiger partial charge in [-0.25, -0.2) is 0 Å². The molecule has 22 heavy (non-hydrogen) atoms. The third kappa shape index (κ3) is 3.44. The Kier molecular flexibility index (Phi) is 4.50. The Morgan fingerprint density at radius 1 is 1.05 bits per heavy atom. The standard InChI is InChI=1S/C14H13F3O4S/c1-20-11-8-6-10(7-9-11)12-4-2-3-5-13(12)21-22(18,19)14(15,16)17/h4-9H,2-3H2,1H3. The average molecular weight is 334 g/mol. The molecule has 8 heteroatoms. The topological polar surface area (TPSA) is 52.6 Å². The van der Waals surface area contributed by atoms with Crippen molar-refractivity contribution >= 4 is 15.7 Å². The van der Waals surface area contributed by atoms with Crippen LogP contribution in [0, 0.1) is 0 Å². The number of halogens is 3. The summed E-state index contributed by atoms with van der Waals surface area (Å²) in [7, 11) is -4.20. The molecule has 0 amide bonds. The van der Waals surface area contributed by atoms with E-state index >= 15 is 0 Å². The summed E-state index contributed by atoms with van der Waals surface area (Å²) < 4.78 is 68.9. The van der Waals surface area contributed by atoms with E-state index in [0.29, 0.717) is 29.7 Å². The predicted octanol–water partition coefficient (Wildman–Crippen LogP) is 3.62. The third-order valence-corrected chi connectivity index (χ3v) is 3.96. The van der Waals surface area contributed by atoms with E-state index in [4.69, 9.17) is 4.74 Å². The van der Waals surface area contributed by atoms with Gasteiger partial charge >= 0.3 is 15.6 Å². The van der Waals surface area contributed by atoms with E-state index < -0.39 is 15.6 Å². The normalized spacial score (nSPS) is 15.8. The molecule has 0 unspecified atom stereocenters. The average Bonchev–Trinajstić information content (AvgIpc) is 2.46. The lowest BCUT2D eigenvalue weighted by atomic mass is 9.98. The summed E-state index contributed by atoms with van der Waals surface area (Å²) in [4.78, 5) is 0. The van der Waals surface area contributed by atoms with Crippen LogP contribution >= 0.6 is 0 Å². The minimum atomic E-state index is -5.68. The number of methoxy groups -OCH3 is 1. The second-order valence-corrected chi connectivity index (χ2v) is 6.01. The Balaban J connectivity index is 2.31. The summed E-state index contributed by atoms with van der Waals surface area (Å²) in [5.41, 5.74) is -4.61. The number of allylic oxidation sites excluding steroid dienone is 3. The summed E-state index contributed by atoms with van der Waals surface area (Å²) >= 11 is 0. The SMILES string of the molecule is COc1ccc(C2=CCCC=C2OS(=O)(=O)C(F)(F)F)cc1. The maximum Gasteiger partial charge on any atom is 0.534 e. The van der Waals surface area contributed by atoms with Crippen molar-refractivity contribution in [3.63, 3.8) is 0 Å². The van der Waals surface area contributed by atoms with Crippen molar-refractivity contribution in [3.05, 3.63) is 47.7 Å². The molecule has 0 fully saturated rings. The van der Waals surface area contributed by atoms with Crippen LogP contribution in [0.4, 0.5) is 13.2 Å². The quantitative estimate of drug-likeness (QED) is 0.623. The van der Waals surface area contributed by atoms with Gasteiger partial charge in [0.1, 0.15) is 11.5 Å². The highest BCUT2D eigenvalue weighted by atomic mass is 32.2. The van der Waals surface area contributed by atoms with Crippen LogP contribution in [0.3, 0.4) is 0 Å². The van der Waals surface area contributed by atoms with Gasteiger partial charge in [-0.3, -0.25) is 0 Å². The fraction of sp³-hybridized carbons (Fsp3) is 0.286. The lowest BCUT2D eigenvalue weighted by Gasteiger charge is -2.18. The van der Waals surface area contributed by atoms with E-state index in [1.807, 2.05) is 0 Å². The first-order valence-corrected chi connectivity index (χ1v) is 7.71. The van der Waals surface area contributed by atoms with Gasteiger partial charge < -0.3 is 8.92 Å². The first kappa shape index (κ1) is 16.4. The monoisotopic (exact) mass is 334 g/mol. The van der Waals surface area contributed by atoms with Gasteiger partial charge in [0.25, 0.3) is 0 Å². The summed E-state index contributed by atoms with van der Waals surface area (Å²) in [6, 6.07) is 6.49. The number of alkyl halides is 3. The molecule has 0 aromatic heterocycles. The lowest BCUT2D eigenvalue weighted by Crippen LogP contribution is -2.25. The highest BCUT2D eigenvalue weighted by Crippen LogP contribution is 2.34. The molecule has 4 nitrogen and oxygen atoms in total. The largest absolute Gasteiger partial charge is 0.534 e. The van der Waals surface area contributed by atoms with Gasteiger partial charge in [-0.1, -0.05) is 18.2 Å². The second-order valence-electron chi connectivity index (χ2n) is 4.48. The highest BCUT2D eigenvalue weighted by Gasteiger charge is 2.49. The highest BCUT2D eigenvalue weighted by molar-refractivity contribution is 7.87. The van der Waals surface area contributed by atoms with Gasteiger partial charge in [0.15, 0.2) is 0 Å². The van der Waals surface area contributed by atoms with Gasteiger partial charge in [-0.2, -0.15) is 21.6 Å². The van der Waals surface area contributed by atoms with Crippen LogP contribution in [0.15, 0.2) is 42.2 Å². The molecule has 0 spiro atoms. The molecule has 0 N–H and O–H groups in total. The Morgan fingerprint density at radius 2 is 1.64 bits per heavy atom. The zero-order valence-corrected chi connectivity index (χ0v) is 12.4. The smallest absolute Gasteiger partial charge is 0.497 e. The van der Waals surface area contributed by atoms with Crippen LogP contribution in [0.25, 0.3) is 5.57 Å². The fourth-order valence-corrected chi connectivity index (χ4v) is 2.42. The Hall–Kier alpha value is -1.96. The van der Waals surface area contributed by atoms with Gasteiger partial charge in [0, 0.05) is 5.57 Å². The molecule has 0 heterocycles. The van der Waals surface area contributed by atoms with E-state index in [1.54, 1.807) is 30.3 Å². The number of benzene rings is 1. The van der Waals surface area contributed by atoms with Gasteiger partial charge in [-0.05, 0) is 36.6 Å². The number of hydrogen-bond acceptors (Lipinski definition) is 4. The molecule has 0 radical (unpaired) electrons. The molecule has 120 valence electrons. The number of hydrogen-bond donors (Lipinski definition) is 0. The van der Waals surface area contributed by atoms with Crippen molar-refractivity contribution in [2.24, 2.45) is 0 Å². The fourth-order valence-electron chi connectivity index (χ4n) is 1.93. The Labute approximate surface area is 126 Å². The summed E-state index contributed by atoms with van der Waals surface area (Å²) in [6.45, 7) is 0. The van der Waals surface area contributed by atoms with Crippen molar-refractivity contribution in [1.29, 1.82) is 0 Å². The van der Waals surface area contributed by atoms with Crippen molar-refractivity contribution in [2.45, 2.75) is 18.3 Å². The summed E-state index contributed by atoms with van der Waals surface area (Å²) in [5.74, 6) is 0.267. The van der Waals surface area contributed by atoms with Crippen molar-refractivity contribution < 1.29 is 30.5 Å². The first-order valence-electron chi connectivity index (χ1n) is 6.30. The van der Waals surface area contributed by atoms with E-state index in [0.717, 1.165) is 0 Å². The number of rotatable bonds is 4. The molecule has 0 bridgehead atoms. The second kappa shape index (κ2) is 6.04. The van der Waals surface area contributed by atoms with Crippen LogP contribution in [0.5, 0.6) is 5.75 Å². The number of ether oxygens (including phenoxy) is 1. The van der Waals surface area contributed by atoms with E-state index in [9.17, 15) is 21.6 Å². The van der Waals surface area contributed by atoms with Crippen LogP contribution in [0.1, 0.15) is 18.4 Å². The molecular weight excluding hydrogens is 321 g/mol. The van der Waals surface area contributed by atoms with Crippen LogP contribution in [-0.4, -0.2) is 21.0 Å². The van der Waals surface area contributed by atoms with E-state index in [1.165, 1.54) is 13.2 Å². The van der Waals surface area contributed by atoms with Crippen molar-refractivity contribution in [2.75, 3.05) is 7.11 Å². The molecule has 2 rings (SSSR count). The molecular formula is C14H13F3O4S. The lowest BCUT2D eigenvalue weighted by molar-refractivity contribution is -0.0519. The van der Waals surface area contributed by atoms with Crippen LogP contribution < -0.4 is 4.74 Å². The third-order valence-electron chi connectivity index (χ3n) is 2.99. The van der Waals surface area contributed by atoms with E-state index in [-0.39, 0.29) is 5.76 Å². The maximum absolute atomic E-state index is 12.4. The maximum atomic E-state index is 12.4. The molecule has 1 aromatic carbocycles. The molecule has 1 aliphatic carbocycles. The zero-order chi connectivity index (χ0) is 16.4. The zero-order valence-electron chi connectivity index (χ0n) is 11.6. The van der Waals surface area contributed by atoms with Gasteiger partial charge in [0.2, 0.25) is 0 Å². The molecule has 0 saturated heterocycles. The molecule has 0 saturated carbocycles. The summed E-state index contributed by atoms with van der Waals surface area (Å²) in [6.07, 6.45) is 3.97. The minimum Gasteiger partial charge on any atom is -0.497 e. The Morgan fingerprint density at radius 3 is 2.18 bits per heavy atom. The van der Waals surface area contributed by atoms with Gasteiger partial charge in [-0.15, -0.1) is 0 Å². The minimum absolute atomic E-state index is 0.307. The molecule has 0 aliphatic heterocycles. The van der Waals surface area contributed by atoms with Gasteiger partial charge in [0.05, 0.1) is 7.11 Å². The first-order chi connectivity index (χ1) is 10.2. The van der Waals surface area contributed by atoms with Crippen molar-refractivity contribution in [1.82, 2.24) is 0 Å². The Bertz CT molecular complexity index is 701. The molecule has 1 aliphatic rings. The molecule has 0 atom stereocenters. The predicted molar refractivity (Wildman–Crippen MR) is 74.3 cm³/mol. The van der Waals surface area contributed by atoms with Crippen molar-refractivity contribution in [3.8, 4) is 5.75 Å². The summed E-state index contributed by atoms with van der Waals surface area (Å²) in [5, 5.41) is 0.